The van der Waals surface area contributed by atoms with Crippen LogP contribution in [0.25, 0.3) is 0 Å². The molecule has 0 spiro atoms. The smallest absolute Gasteiger partial charge is 0.128 e. The Morgan fingerprint density at radius 1 is 1.37 bits per heavy atom. The fourth-order valence-corrected chi connectivity index (χ4v) is 2.60. The second-order valence-electron chi connectivity index (χ2n) is 3.77. The van der Waals surface area contributed by atoms with Gasteiger partial charge in [-0.2, -0.15) is 0 Å². The van der Waals surface area contributed by atoms with Gasteiger partial charge in [-0.25, -0.2) is 9.37 Å². The van der Waals surface area contributed by atoms with Crippen LogP contribution >= 0.6 is 35.6 Å². The summed E-state index contributed by atoms with van der Waals surface area (Å²) in [4.78, 5) is 4.50. The molecular formula is C13H10ClFN2S2. The quantitative estimate of drug-likeness (QED) is 0.688. The molecule has 2 nitrogen and oxygen atoms in total. The van der Waals surface area contributed by atoms with E-state index in [1.165, 1.54) is 17.8 Å². The molecule has 1 heterocycles. The van der Waals surface area contributed by atoms with E-state index in [0.29, 0.717) is 21.3 Å². The number of benzene rings is 1. The summed E-state index contributed by atoms with van der Waals surface area (Å²) >= 11 is 12.0. The van der Waals surface area contributed by atoms with E-state index >= 15 is 0 Å². The maximum Gasteiger partial charge on any atom is 0.128 e. The molecule has 2 rings (SSSR count). The van der Waals surface area contributed by atoms with Crippen molar-refractivity contribution in [3.05, 3.63) is 58.5 Å². The van der Waals surface area contributed by atoms with Crippen molar-refractivity contribution in [3.8, 4) is 0 Å². The molecule has 1 aromatic heterocycles. The van der Waals surface area contributed by atoms with Crippen molar-refractivity contribution in [3.63, 3.8) is 0 Å². The average Bonchev–Trinajstić information content (AvgIpc) is 2.38. The van der Waals surface area contributed by atoms with Gasteiger partial charge in [-0.3, -0.25) is 0 Å². The number of hydrogen-bond donors (Lipinski definition) is 1. The minimum absolute atomic E-state index is 0.314. The summed E-state index contributed by atoms with van der Waals surface area (Å²) in [6, 6.07) is 8.17. The first kappa shape index (κ1) is 14.2. The molecule has 0 radical (unpaired) electrons. The summed E-state index contributed by atoms with van der Waals surface area (Å²) in [5.41, 5.74) is 6.88. The molecule has 1 aromatic carbocycles. The van der Waals surface area contributed by atoms with Crippen molar-refractivity contribution in [1.29, 1.82) is 0 Å². The third-order valence-electron chi connectivity index (χ3n) is 2.41. The van der Waals surface area contributed by atoms with Crippen LogP contribution in [-0.2, 0) is 5.75 Å². The highest BCUT2D eigenvalue weighted by Crippen LogP contribution is 2.24. The van der Waals surface area contributed by atoms with Crippen molar-refractivity contribution < 1.29 is 4.39 Å². The van der Waals surface area contributed by atoms with Gasteiger partial charge in [-0.15, -0.1) is 11.8 Å². The van der Waals surface area contributed by atoms with Crippen LogP contribution in [-0.4, -0.2) is 9.97 Å². The summed E-state index contributed by atoms with van der Waals surface area (Å²) in [5, 5.41) is 1.14. The molecule has 0 aliphatic carbocycles. The normalized spacial score (nSPS) is 10.4. The Hall–Kier alpha value is -1.17. The van der Waals surface area contributed by atoms with E-state index in [0.717, 1.165) is 10.6 Å². The SMILES string of the molecule is NC(=S)c1ccnc(SCc2ccc(Cl)cc2F)c1. The molecule has 0 saturated heterocycles. The van der Waals surface area contributed by atoms with Crippen LogP contribution in [0.4, 0.5) is 4.39 Å². The molecule has 0 aliphatic rings. The van der Waals surface area contributed by atoms with Crippen LogP contribution in [0.3, 0.4) is 0 Å². The molecule has 0 bridgehead atoms. The number of nitrogens with two attached hydrogens (primary N) is 1. The number of hydrogen-bond acceptors (Lipinski definition) is 3. The molecular weight excluding hydrogens is 303 g/mol. The lowest BCUT2D eigenvalue weighted by molar-refractivity contribution is 0.617. The third kappa shape index (κ3) is 3.89. The summed E-state index contributed by atoms with van der Waals surface area (Å²) < 4.78 is 13.6. The molecule has 98 valence electrons. The molecule has 0 amide bonds. The van der Waals surface area contributed by atoms with Gasteiger partial charge in [0, 0.05) is 22.5 Å². The van der Waals surface area contributed by atoms with E-state index < -0.39 is 0 Å². The third-order valence-corrected chi connectivity index (χ3v) is 3.86. The predicted octanol–water partition coefficient (Wildman–Crippen LogP) is 3.80. The monoisotopic (exact) mass is 312 g/mol. The van der Waals surface area contributed by atoms with Gasteiger partial charge in [0.05, 0.1) is 5.03 Å². The van der Waals surface area contributed by atoms with E-state index in [9.17, 15) is 4.39 Å². The van der Waals surface area contributed by atoms with Crippen molar-refractivity contribution in [2.75, 3.05) is 0 Å². The highest BCUT2D eigenvalue weighted by Gasteiger charge is 2.05. The first-order chi connectivity index (χ1) is 9.06. The summed E-state index contributed by atoms with van der Waals surface area (Å²) in [6.07, 6.45) is 1.63. The summed E-state index contributed by atoms with van der Waals surface area (Å²) in [6.45, 7) is 0. The Morgan fingerprint density at radius 3 is 2.84 bits per heavy atom. The molecule has 0 atom stereocenters. The number of rotatable bonds is 4. The second kappa shape index (κ2) is 6.32. The molecule has 0 saturated carbocycles. The van der Waals surface area contributed by atoms with Crippen LogP contribution in [0, 0.1) is 5.82 Å². The Bertz CT molecular complexity index is 619. The van der Waals surface area contributed by atoms with Crippen LogP contribution in [0.5, 0.6) is 0 Å². The van der Waals surface area contributed by atoms with E-state index in [2.05, 4.69) is 4.98 Å². The molecule has 19 heavy (non-hydrogen) atoms. The maximum atomic E-state index is 13.6. The van der Waals surface area contributed by atoms with Gasteiger partial charge in [-0.1, -0.05) is 29.9 Å². The van der Waals surface area contributed by atoms with E-state index in [1.54, 1.807) is 30.5 Å². The van der Waals surface area contributed by atoms with Crippen molar-refractivity contribution in [2.45, 2.75) is 10.8 Å². The Kier molecular flexibility index (Phi) is 4.74. The van der Waals surface area contributed by atoms with E-state index in [-0.39, 0.29) is 5.82 Å². The lowest BCUT2D eigenvalue weighted by atomic mass is 10.2. The summed E-state index contributed by atoms with van der Waals surface area (Å²) in [5.74, 6) is 0.155. The first-order valence-electron chi connectivity index (χ1n) is 5.39. The van der Waals surface area contributed by atoms with Crippen molar-refractivity contribution in [1.82, 2.24) is 4.98 Å². The first-order valence-corrected chi connectivity index (χ1v) is 7.16. The maximum absolute atomic E-state index is 13.6. The van der Waals surface area contributed by atoms with E-state index in [1.807, 2.05) is 0 Å². The molecule has 0 aliphatic heterocycles. The fourth-order valence-electron chi connectivity index (χ4n) is 1.43. The molecule has 0 fully saturated rings. The zero-order valence-corrected chi connectivity index (χ0v) is 12.2. The summed E-state index contributed by atoms with van der Waals surface area (Å²) in [7, 11) is 0. The zero-order valence-electron chi connectivity index (χ0n) is 9.77. The zero-order chi connectivity index (χ0) is 13.8. The van der Waals surface area contributed by atoms with Crippen molar-refractivity contribution in [2.24, 2.45) is 5.73 Å². The molecule has 2 N–H and O–H groups in total. The number of thioether (sulfide) groups is 1. The van der Waals surface area contributed by atoms with E-state index in [4.69, 9.17) is 29.6 Å². The fraction of sp³-hybridized carbons (Fsp3) is 0.0769. The predicted molar refractivity (Wildman–Crippen MR) is 81.1 cm³/mol. The second-order valence-corrected chi connectivity index (χ2v) is 5.64. The van der Waals surface area contributed by atoms with Crippen LogP contribution in [0.1, 0.15) is 11.1 Å². The number of nitrogens with zero attached hydrogens (tertiary/aromatic N) is 1. The standard InChI is InChI=1S/C13H10ClFN2S2/c14-10-2-1-9(11(15)6-10)7-19-12-5-8(13(16)18)3-4-17-12/h1-6H,7H2,(H2,16,18). The van der Waals surface area contributed by atoms with Gasteiger partial charge in [0.1, 0.15) is 10.8 Å². The number of thiocarbonyl (C=S) groups is 1. The van der Waals surface area contributed by atoms with Gasteiger partial charge in [0.15, 0.2) is 0 Å². The van der Waals surface area contributed by atoms with Gasteiger partial charge in [0.2, 0.25) is 0 Å². The number of aromatic nitrogens is 1. The van der Waals surface area contributed by atoms with Crippen LogP contribution in [0.2, 0.25) is 5.02 Å². The number of halogens is 2. The Morgan fingerprint density at radius 2 is 2.16 bits per heavy atom. The van der Waals surface area contributed by atoms with Gasteiger partial charge >= 0.3 is 0 Å². The minimum atomic E-state index is -0.314. The average molecular weight is 313 g/mol. The number of pyridine rings is 1. The van der Waals surface area contributed by atoms with Gasteiger partial charge in [0.25, 0.3) is 0 Å². The Labute approximate surface area is 125 Å². The topological polar surface area (TPSA) is 38.9 Å². The van der Waals surface area contributed by atoms with Crippen LogP contribution < -0.4 is 5.73 Å². The Balaban J connectivity index is 2.10. The van der Waals surface area contributed by atoms with Gasteiger partial charge in [-0.05, 0) is 29.8 Å². The highest BCUT2D eigenvalue weighted by molar-refractivity contribution is 7.98. The molecule has 0 unspecified atom stereocenters. The highest BCUT2D eigenvalue weighted by atomic mass is 35.5. The molecule has 6 heteroatoms. The lowest BCUT2D eigenvalue weighted by Crippen LogP contribution is -2.09. The largest absolute Gasteiger partial charge is 0.389 e. The minimum Gasteiger partial charge on any atom is -0.389 e. The van der Waals surface area contributed by atoms with Crippen molar-refractivity contribution >= 4 is 40.6 Å². The van der Waals surface area contributed by atoms with Crippen LogP contribution in [0.15, 0.2) is 41.6 Å². The molecule has 2 aromatic rings. The lowest BCUT2D eigenvalue weighted by Gasteiger charge is -2.05. The van der Waals surface area contributed by atoms with Gasteiger partial charge < -0.3 is 5.73 Å².